The summed E-state index contributed by atoms with van der Waals surface area (Å²) in [6.07, 6.45) is 0.479. The SMILES string of the molecule is COc1ccc(CC[N@@+]2([O-])CCO[C@@H](COc3cccc(C)c3)C2)cc1OC. The average Bonchev–Trinajstić information content (AvgIpc) is 2.71. The van der Waals surface area contributed by atoms with Gasteiger partial charge in [0, 0.05) is 6.42 Å². The summed E-state index contributed by atoms with van der Waals surface area (Å²) in [6.45, 7) is 4.24. The minimum absolute atomic E-state index is 0.197. The highest BCUT2D eigenvalue weighted by Gasteiger charge is 2.29. The van der Waals surface area contributed by atoms with E-state index in [0.29, 0.717) is 50.8 Å². The molecule has 0 spiro atoms. The van der Waals surface area contributed by atoms with Gasteiger partial charge in [0.15, 0.2) is 11.5 Å². The van der Waals surface area contributed by atoms with Crippen molar-refractivity contribution in [2.45, 2.75) is 19.4 Å². The fourth-order valence-electron chi connectivity index (χ4n) is 3.47. The first-order chi connectivity index (χ1) is 13.5. The van der Waals surface area contributed by atoms with Gasteiger partial charge in [-0.15, -0.1) is 0 Å². The summed E-state index contributed by atoms with van der Waals surface area (Å²) in [5, 5.41) is 13.2. The number of ether oxygens (including phenoxy) is 4. The molecule has 0 aliphatic carbocycles. The molecule has 6 nitrogen and oxygen atoms in total. The maximum Gasteiger partial charge on any atom is 0.160 e. The first kappa shape index (κ1) is 20.5. The molecule has 0 N–H and O–H groups in total. The van der Waals surface area contributed by atoms with Gasteiger partial charge in [-0.25, -0.2) is 0 Å². The lowest BCUT2D eigenvalue weighted by molar-refractivity contribution is -0.892. The van der Waals surface area contributed by atoms with Gasteiger partial charge in [0.2, 0.25) is 0 Å². The number of hydrogen-bond acceptors (Lipinski definition) is 5. The van der Waals surface area contributed by atoms with Crippen molar-refractivity contribution in [3.8, 4) is 17.2 Å². The Hall–Kier alpha value is -2.28. The predicted octanol–water partition coefficient (Wildman–Crippen LogP) is 3.35. The van der Waals surface area contributed by atoms with Crippen molar-refractivity contribution in [1.29, 1.82) is 0 Å². The Kier molecular flexibility index (Phi) is 6.78. The van der Waals surface area contributed by atoms with Crippen LogP contribution in [0.4, 0.5) is 0 Å². The van der Waals surface area contributed by atoms with Crippen molar-refractivity contribution in [1.82, 2.24) is 0 Å². The Morgan fingerprint density at radius 2 is 1.93 bits per heavy atom. The number of benzene rings is 2. The van der Waals surface area contributed by atoms with Gasteiger partial charge in [-0.05, 0) is 42.3 Å². The molecule has 28 heavy (non-hydrogen) atoms. The van der Waals surface area contributed by atoms with Crippen LogP contribution in [0.15, 0.2) is 42.5 Å². The minimum Gasteiger partial charge on any atom is -0.633 e. The standard InChI is InChI=1S/C22H29NO5/c1-17-5-4-6-19(13-17)28-16-20-15-23(24,11-12-27-20)10-9-18-7-8-21(25-2)22(14-18)26-3/h4-8,13-14,20H,9-12,15-16H2,1-3H3/t20-,23-/m1/s1. The van der Waals surface area contributed by atoms with E-state index in [1.165, 1.54) is 0 Å². The zero-order chi connectivity index (χ0) is 20.0. The van der Waals surface area contributed by atoms with Crippen LogP contribution in [0.3, 0.4) is 0 Å². The molecular weight excluding hydrogens is 358 g/mol. The third-order valence-corrected chi connectivity index (χ3v) is 5.07. The van der Waals surface area contributed by atoms with Gasteiger partial charge in [0.1, 0.15) is 31.5 Å². The number of hydroxylamine groups is 3. The molecule has 6 heteroatoms. The summed E-state index contributed by atoms with van der Waals surface area (Å²) in [7, 11) is 3.23. The van der Waals surface area contributed by atoms with E-state index in [1.807, 2.05) is 49.4 Å². The molecule has 1 aliphatic heterocycles. The van der Waals surface area contributed by atoms with Crippen LogP contribution in [0, 0.1) is 12.1 Å². The summed E-state index contributed by atoms with van der Waals surface area (Å²) in [5.74, 6) is 2.18. The second-order valence-electron chi connectivity index (χ2n) is 7.25. The molecule has 2 aromatic rings. The normalized spacial score (nSPS) is 21.9. The first-order valence-electron chi connectivity index (χ1n) is 9.60. The van der Waals surface area contributed by atoms with Gasteiger partial charge >= 0.3 is 0 Å². The number of morpholine rings is 1. The van der Waals surface area contributed by atoms with Crippen LogP contribution in [0.2, 0.25) is 0 Å². The molecule has 0 bridgehead atoms. The highest BCUT2D eigenvalue weighted by Crippen LogP contribution is 2.28. The summed E-state index contributed by atoms with van der Waals surface area (Å²) >= 11 is 0. The van der Waals surface area contributed by atoms with Crippen LogP contribution in [0.1, 0.15) is 11.1 Å². The number of hydrogen-bond donors (Lipinski definition) is 0. The Morgan fingerprint density at radius 3 is 2.68 bits per heavy atom. The van der Waals surface area contributed by atoms with Crippen molar-refractivity contribution in [3.63, 3.8) is 0 Å². The molecule has 1 heterocycles. The van der Waals surface area contributed by atoms with Gasteiger partial charge in [-0.3, -0.25) is 0 Å². The lowest BCUT2D eigenvalue weighted by atomic mass is 10.1. The number of nitrogens with zero attached hydrogens (tertiary/aromatic N) is 1. The van der Waals surface area contributed by atoms with E-state index >= 15 is 0 Å². The average molecular weight is 387 g/mol. The first-order valence-corrected chi connectivity index (χ1v) is 9.60. The maximum absolute atomic E-state index is 13.2. The molecular formula is C22H29NO5. The molecule has 3 rings (SSSR count). The fourth-order valence-corrected chi connectivity index (χ4v) is 3.47. The van der Waals surface area contributed by atoms with E-state index < -0.39 is 0 Å². The number of methoxy groups -OCH3 is 2. The Morgan fingerprint density at radius 1 is 1.11 bits per heavy atom. The van der Waals surface area contributed by atoms with Crippen LogP contribution >= 0.6 is 0 Å². The molecule has 2 atom stereocenters. The van der Waals surface area contributed by atoms with Crippen LogP contribution in [0.5, 0.6) is 17.2 Å². The van der Waals surface area contributed by atoms with Crippen molar-refractivity contribution in [3.05, 3.63) is 58.8 Å². The van der Waals surface area contributed by atoms with Crippen LogP contribution in [-0.4, -0.2) is 57.8 Å². The van der Waals surface area contributed by atoms with Gasteiger partial charge in [0.25, 0.3) is 0 Å². The van der Waals surface area contributed by atoms with E-state index in [1.54, 1.807) is 14.2 Å². The summed E-state index contributed by atoms with van der Waals surface area (Å²) < 4.78 is 22.0. The molecule has 0 amide bonds. The maximum atomic E-state index is 13.2. The molecule has 1 fully saturated rings. The van der Waals surface area contributed by atoms with E-state index in [-0.39, 0.29) is 10.8 Å². The highest BCUT2D eigenvalue weighted by atomic mass is 16.6. The molecule has 0 aromatic heterocycles. The lowest BCUT2D eigenvalue weighted by Gasteiger charge is -2.47. The smallest absolute Gasteiger partial charge is 0.160 e. The number of aryl methyl sites for hydroxylation is 1. The molecule has 1 aliphatic rings. The van der Waals surface area contributed by atoms with Gasteiger partial charge in [-0.2, -0.15) is 0 Å². The summed E-state index contributed by atoms with van der Waals surface area (Å²) in [4.78, 5) is 0. The Balaban J connectivity index is 1.55. The zero-order valence-electron chi connectivity index (χ0n) is 16.8. The van der Waals surface area contributed by atoms with Crippen molar-refractivity contribution < 1.29 is 23.6 Å². The van der Waals surface area contributed by atoms with Crippen molar-refractivity contribution in [2.75, 3.05) is 47.1 Å². The molecule has 1 saturated heterocycles. The molecule has 0 unspecified atom stereocenters. The van der Waals surface area contributed by atoms with E-state index in [2.05, 4.69) is 0 Å². The fraction of sp³-hybridized carbons (Fsp3) is 0.455. The molecule has 0 saturated carbocycles. The van der Waals surface area contributed by atoms with E-state index in [9.17, 15) is 5.21 Å². The van der Waals surface area contributed by atoms with Crippen LogP contribution in [0.25, 0.3) is 0 Å². The second-order valence-corrected chi connectivity index (χ2v) is 7.25. The van der Waals surface area contributed by atoms with Crippen molar-refractivity contribution in [2.24, 2.45) is 0 Å². The van der Waals surface area contributed by atoms with Crippen molar-refractivity contribution >= 4 is 0 Å². The summed E-state index contributed by atoms with van der Waals surface area (Å²) in [6, 6.07) is 13.7. The highest BCUT2D eigenvalue weighted by molar-refractivity contribution is 5.42. The van der Waals surface area contributed by atoms with Gasteiger partial charge in [-0.1, -0.05) is 18.2 Å². The lowest BCUT2D eigenvalue weighted by Crippen LogP contribution is -2.56. The number of rotatable bonds is 8. The predicted molar refractivity (Wildman–Crippen MR) is 108 cm³/mol. The van der Waals surface area contributed by atoms with E-state index in [4.69, 9.17) is 18.9 Å². The van der Waals surface area contributed by atoms with Gasteiger partial charge in [0.05, 0.1) is 27.4 Å². The van der Waals surface area contributed by atoms with Crippen LogP contribution < -0.4 is 14.2 Å². The van der Waals surface area contributed by atoms with E-state index in [0.717, 1.165) is 16.9 Å². The summed E-state index contributed by atoms with van der Waals surface area (Å²) in [5.41, 5.74) is 2.20. The number of quaternary nitrogens is 1. The third-order valence-electron chi connectivity index (χ3n) is 5.07. The largest absolute Gasteiger partial charge is 0.633 e. The zero-order valence-corrected chi connectivity index (χ0v) is 16.8. The minimum atomic E-state index is -0.268. The third kappa shape index (κ3) is 5.38. The van der Waals surface area contributed by atoms with Crippen LogP contribution in [-0.2, 0) is 11.2 Å². The van der Waals surface area contributed by atoms with Gasteiger partial charge < -0.3 is 28.8 Å². The second kappa shape index (κ2) is 9.28. The molecule has 2 aromatic carbocycles. The Bertz CT molecular complexity index is 781. The quantitative estimate of drug-likeness (QED) is 0.514. The Labute approximate surface area is 166 Å². The molecule has 0 radical (unpaired) electrons. The topological polar surface area (TPSA) is 60.0 Å². The molecule has 152 valence electrons. The monoisotopic (exact) mass is 387 g/mol.